The second kappa shape index (κ2) is 8.55. The lowest BCUT2D eigenvalue weighted by atomic mass is 10.1. The summed E-state index contributed by atoms with van der Waals surface area (Å²) in [6.07, 6.45) is 1.65. The van der Waals surface area contributed by atoms with Crippen LogP contribution < -0.4 is 5.32 Å². The topological polar surface area (TPSA) is 49.4 Å². The number of hydrogen-bond donors (Lipinski definition) is 1. The Morgan fingerprint density at radius 2 is 1.52 bits per heavy atom. The van der Waals surface area contributed by atoms with E-state index in [1.807, 2.05) is 72.8 Å². The predicted octanol–water partition coefficient (Wildman–Crippen LogP) is 6.11. The van der Waals surface area contributed by atoms with Crippen molar-refractivity contribution in [2.75, 3.05) is 12.0 Å². The van der Waals surface area contributed by atoms with Crippen LogP contribution in [0, 0.1) is 0 Å². The maximum atomic E-state index is 12.6. The van der Waals surface area contributed by atoms with Crippen molar-refractivity contribution in [2.24, 2.45) is 0 Å². The average molecular weight is 421 g/mol. The maximum absolute atomic E-state index is 12.6. The molecule has 3 aromatic carbocycles. The molecular formula is C23H17ClN2O2S. The van der Waals surface area contributed by atoms with Gasteiger partial charge in [-0.1, -0.05) is 72.3 Å². The van der Waals surface area contributed by atoms with E-state index in [0.717, 1.165) is 28.6 Å². The maximum Gasteiger partial charge on any atom is 0.295 e. The van der Waals surface area contributed by atoms with Gasteiger partial charge in [0.25, 0.3) is 11.1 Å². The van der Waals surface area contributed by atoms with Crippen LogP contribution in [-0.2, 0) is 4.79 Å². The highest BCUT2D eigenvalue weighted by Gasteiger charge is 2.34. The van der Waals surface area contributed by atoms with E-state index >= 15 is 0 Å². The predicted molar refractivity (Wildman–Crippen MR) is 120 cm³/mol. The molecule has 3 aromatic rings. The van der Waals surface area contributed by atoms with E-state index in [-0.39, 0.29) is 17.8 Å². The Bertz CT molecular complexity index is 1080. The first-order valence-electron chi connectivity index (χ1n) is 9.01. The number of imide groups is 1. The fourth-order valence-corrected chi connectivity index (χ4v) is 3.97. The molecule has 1 heterocycles. The molecule has 0 aromatic heterocycles. The smallest absolute Gasteiger partial charge is 0.295 e. The van der Waals surface area contributed by atoms with Gasteiger partial charge in [0, 0.05) is 10.7 Å². The zero-order chi connectivity index (χ0) is 20.2. The molecular weight excluding hydrogens is 404 g/mol. The Balaban J connectivity index is 1.43. The number of amides is 2. The summed E-state index contributed by atoms with van der Waals surface area (Å²) in [6.45, 7) is 0.106. The number of carbonyl (C=O) groups is 2. The zero-order valence-electron chi connectivity index (χ0n) is 15.3. The molecule has 6 heteroatoms. The molecule has 4 nitrogen and oxygen atoms in total. The van der Waals surface area contributed by atoms with Gasteiger partial charge in [0.2, 0.25) is 0 Å². The monoisotopic (exact) mass is 420 g/mol. The first-order chi connectivity index (χ1) is 14.1. The highest BCUT2D eigenvalue weighted by atomic mass is 35.5. The largest absolute Gasteiger partial charge is 0.367 e. The van der Waals surface area contributed by atoms with Crippen molar-refractivity contribution in [2.45, 2.75) is 0 Å². The van der Waals surface area contributed by atoms with Crippen molar-refractivity contribution < 1.29 is 9.59 Å². The van der Waals surface area contributed by atoms with Gasteiger partial charge in [-0.3, -0.25) is 14.5 Å². The third-order valence-corrected chi connectivity index (χ3v) is 5.75. The van der Waals surface area contributed by atoms with Crippen LogP contribution in [-0.4, -0.2) is 22.7 Å². The Hall–Kier alpha value is -3.02. The van der Waals surface area contributed by atoms with Crippen LogP contribution in [0.1, 0.15) is 5.56 Å². The summed E-state index contributed by atoms with van der Waals surface area (Å²) in [5.41, 5.74) is 3.78. The first-order valence-corrected chi connectivity index (χ1v) is 10.2. The number of nitrogens with one attached hydrogen (secondary N) is 1. The van der Waals surface area contributed by atoms with Gasteiger partial charge in [0.1, 0.15) is 0 Å². The van der Waals surface area contributed by atoms with Crippen molar-refractivity contribution in [3.63, 3.8) is 0 Å². The molecule has 0 unspecified atom stereocenters. The quantitative estimate of drug-likeness (QED) is 0.505. The van der Waals surface area contributed by atoms with Crippen LogP contribution in [0.4, 0.5) is 10.5 Å². The highest BCUT2D eigenvalue weighted by Crippen LogP contribution is 2.33. The number of carbonyl (C=O) groups excluding carboxylic acids is 2. The van der Waals surface area contributed by atoms with Crippen molar-refractivity contribution in [1.82, 2.24) is 4.90 Å². The van der Waals surface area contributed by atoms with E-state index in [2.05, 4.69) is 5.32 Å². The van der Waals surface area contributed by atoms with Crippen molar-refractivity contribution in [3.05, 3.63) is 94.4 Å². The number of anilines is 1. The van der Waals surface area contributed by atoms with E-state index in [4.69, 9.17) is 11.6 Å². The normalized spacial score (nSPS) is 15.2. The van der Waals surface area contributed by atoms with Crippen LogP contribution in [0.3, 0.4) is 0 Å². The van der Waals surface area contributed by atoms with Crippen molar-refractivity contribution in [3.8, 4) is 11.1 Å². The Labute approximate surface area is 178 Å². The molecule has 0 saturated carbocycles. The zero-order valence-corrected chi connectivity index (χ0v) is 16.9. The summed E-state index contributed by atoms with van der Waals surface area (Å²) in [5.74, 6) is -0.326. The van der Waals surface area contributed by atoms with Gasteiger partial charge in [-0.2, -0.15) is 0 Å². The van der Waals surface area contributed by atoms with E-state index in [1.165, 1.54) is 4.90 Å². The Morgan fingerprint density at radius 1 is 0.862 bits per heavy atom. The molecule has 1 aliphatic heterocycles. The molecule has 1 saturated heterocycles. The van der Waals surface area contributed by atoms with Gasteiger partial charge in [0.15, 0.2) is 0 Å². The van der Waals surface area contributed by atoms with Crippen LogP contribution in [0.2, 0.25) is 5.02 Å². The molecule has 4 rings (SSSR count). The van der Waals surface area contributed by atoms with E-state index in [1.54, 1.807) is 12.1 Å². The fourth-order valence-electron chi connectivity index (χ4n) is 2.95. The molecule has 0 atom stereocenters. The number of hydrogen-bond acceptors (Lipinski definition) is 4. The van der Waals surface area contributed by atoms with E-state index in [0.29, 0.717) is 15.5 Å². The summed E-state index contributed by atoms with van der Waals surface area (Å²) < 4.78 is 0. The molecule has 1 aliphatic rings. The molecule has 144 valence electrons. The molecule has 2 amide bonds. The summed E-state index contributed by atoms with van der Waals surface area (Å²) in [4.78, 5) is 26.5. The van der Waals surface area contributed by atoms with Crippen molar-refractivity contribution >= 4 is 46.3 Å². The summed E-state index contributed by atoms with van der Waals surface area (Å²) in [6, 6.07) is 25.2. The number of benzene rings is 3. The van der Waals surface area contributed by atoms with Gasteiger partial charge in [-0.15, -0.1) is 0 Å². The molecule has 1 N–H and O–H groups in total. The van der Waals surface area contributed by atoms with Crippen LogP contribution >= 0.6 is 23.4 Å². The summed E-state index contributed by atoms with van der Waals surface area (Å²) >= 11 is 7.07. The van der Waals surface area contributed by atoms with Crippen molar-refractivity contribution in [1.29, 1.82) is 0 Å². The lowest BCUT2D eigenvalue weighted by Crippen LogP contribution is -2.33. The first kappa shape index (κ1) is 19.3. The van der Waals surface area contributed by atoms with E-state index < -0.39 is 0 Å². The van der Waals surface area contributed by atoms with Gasteiger partial charge < -0.3 is 5.32 Å². The molecule has 29 heavy (non-hydrogen) atoms. The molecule has 0 aliphatic carbocycles. The molecule has 0 radical (unpaired) electrons. The number of halogens is 1. The highest BCUT2D eigenvalue weighted by molar-refractivity contribution is 8.18. The van der Waals surface area contributed by atoms with Crippen LogP contribution in [0.25, 0.3) is 17.2 Å². The van der Waals surface area contributed by atoms with E-state index in [9.17, 15) is 9.59 Å². The summed E-state index contributed by atoms with van der Waals surface area (Å²) in [5, 5.41) is 3.37. The second-order valence-corrected chi connectivity index (χ2v) is 7.81. The standard InChI is InChI=1S/C23H17ClN2O2S/c24-20-9-5-4-8-18(20)14-21-22(27)26(23(28)29-21)15-25-19-12-10-17(11-13-19)16-6-2-1-3-7-16/h1-14,25H,15H2/b21-14+. The lowest BCUT2D eigenvalue weighted by Gasteiger charge is -2.14. The van der Waals surface area contributed by atoms with Gasteiger partial charge in [-0.25, -0.2) is 0 Å². The van der Waals surface area contributed by atoms with Crippen LogP contribution in [0.15, 0.2) is 83.8 Å². The Kier molecular flexibility index (Phi) is 5.69. The Morgan fingerprint density at radius 3 is 2.24 bits per heavy atom. The SMILES string of the molecule is O=C1S/C(=C/c2ccccc2Cl)C(=O)N1CNc1ccc(-c2ccccc2)cc1. The van der Waals surface area contributed by atoms with Gasteiger partial charge in [0.05, 0.1) is 11.6 Å². The minimum Gasteiger partial charge on any atom is -0.367 e. The minimum absolute atomic E-state index is 0.106. The second-order valence-electron chi connectivity index (χ2n) is 6.41. The third-order valence-electron chi connectivity index (χ3n) is 4.50. The molecule has 1 fully saturated rings. The fraction of sp³-hybridized carbons (Fsp3) is 0.0435. The van der Waals surface area contributed by atoms with Gasteiger partial charge >= 0.3 is 0 Å². The number of nitrogens with zero attached hydrogens (tertiary/aromatic N) is 1. The molecule has 0 spiro atoms. The van der Waals surface area contributed by atoms with Crippen LogP contribution in [0.5, 0.6) is 0 Å². The third kappa shape index (κ3) is 4.36. The average Bonchev–Trinajstić information content (AvgIpc) is 3.02. The molecule has 0 bridgehead atoms. The number of thioether (sulfide) groups is 1. The number of rotatable bonds is 5. The minimum atomic E-state index is -0.326. The summed E-state index contributed by atoms with van der Waals surface area (Å²) in [7, 11) is 0. The lowest BCUT2D eigenvalue weighted by molar-refractivity contribution is -0.122. The van der Waals surface area contributed by atoms with Gasteiger partial charge in [-0.05, 0) is 52.7 Å².